The van der Waals surface area contributed by atoms with Gasteiger partial charge in [-0.1, -0.05) is 26.8 Å². The predicted molar refractivity (Wildman–Crippen MR) is 87.7 cm³/mol. The van der Waals surface area contributed by atoms with Crippen molar-refractivity contribution in [3.8, 4) is 5.69 Å². The summed E-state index contributed by atoms with van der Waals surface area (Å²) in [6.07, 6.45) is -4.41. The number of hydrogen-bond donors (Lipinski definition) is 1. The zero-order valence-electron chi connectivity index (χ0n) is 14.5. The molecule has 1 heterocycles. The summed E-state index contributed by atoms with van der Waals surface area (Å²) in [7, 11) is -3.73. The monoisotopic (exact) mass is 394 g/mol. The molecular weight excluding hydrogens is 376 g/mol. The van der Waals surface area contributed by atoms with Crippen LogP contribution in [0.2, 0.25) is 0 Å². The van der Waals surface area contributed by atoms with Gasteiger partial charge in [-0.25, -0.2) is 0 Å². The fraction of sp³-hybridized carbons (Fsp3) is 0.467. The van der Waals surface area contributed by atoms with Crippen molar-refractivity contribution in [2.75, 3.05) is 12.4 Å². The Morgan fingerprint density at radius 3 is 2.31 bits per heavy atom. The van der Waals surface area contributed by atoms with E-state index in [1.165, 1.54) is 13.1 Å². The van der Waals surface area contributed by atoms with Gasteiger partial charge in [0.05, 0.1) is 5.69 Å². The lowest BCUT2D eigenvalue weighted by molar-refractivity contribution is -0.144. The molecule has 11 heteroatoms. The first-order valence-corrected chi connectivity index (χ1v) is 9.12. The summed E-state index contributed by atoms with van der Waals surface area (Å²) in [5, 5.41) is 5.91. The lowest BCUT2D eigenvalue weighted by atomic mass is 9.98. The molecule has 6 nitrogen and oxygen atoms in total. The molecule has 2 aromatic rings. The largest absolute Gasteiger partial charge is 0.453 e. The van der Waals surface area contributed by atoms with E-state index in [1.807, 2.05) is 0 Å². The number of halogens is 4. The van der Waals surface area contributed by atoms with Crippen LogP contribution in [0, 0.1) is 0 Å². The van der Waals surface area contributed by atoms with Crippen LogP contribution in [0.4, 0.5) is 23.0 Å². The number of anilines is 1. The number of aromatic nitrogens is 3. The van der Waals surface area contributed by atoms with Gasteiger partial charge in [-0.15, -0.1) is 8.98 Å². The Morgan fingerprint density at radius 2 is 1.88 bits per heavy atom. The summed E-state index contributed by atoms with van der Waals surface area (Å²) >= 11 is 0. The van der Waals surface area contributed by atoms with Crippen LogP contribution in [0.1, 0.15) is 43.6 Å². The molecule has 1 N–H and O–H groups in total. The first-order valence-electron chi connectivity index (χ1n) is 7.74. The van der Waals surface area contributed by atoms with Gasteiger partial charge in [0.2, 0.25) is 5.95 Å². The van der Waals surface area contributed by atoms with E-state index in [2.05, 4.69) is 15.4 Å². The van der Waals surface area contributed by atoms with E-state index >= 15 is 0 Å². The molecule has 0 aliphatic rings. The van der Waals surface area contributed by atoms with Crippen molar-refractivity contribution in [3.05, 3.63) is 29.1 Å². The third kappa shape index (κ3) is 3.81. The van der Waals surface area contributed by atoms with Crippen molar-refractivity contribution in [3.63, 3.8) is 0 Å². The number of rotatable bonds is 5. The molecule has 0 bridgehead atoms. The number of aryl methyl sites for hydroxylation is 1. The Labute approximate surface area is 148 Å². The van der Waals surface area contributed by atoms with Gasteiger partial charge >= 0.3 is 16.4 Å². The smallest absolute Gasteiger partial charge is 0.357 e. The maximum Gasteiger partial charge on any atom is 0.453 e. The average Bonchev–Trinajstić information content (AvgIpc) is 2.96. The molecule has 2 rings (SSSR count). The minimum Gasteiger partial charge on any atom is -0.357 e. The molecule has 0 saturated carbocycles. The maximum absolute atomic E-state index is 13.8. The molecule has 26 heavy (non-hydrogen) atoms. The number of nitrogens with one attached hydrogen (secondary N) is 1. The highest BCUT2D eigenvalue weighted by molar-refractivity contribution is 7.86. The molecule has 0 aliphatic heterocycles. The van der Waals surface area contributed by atoms with Crippen LogP contribution in [0.15, 0.2) is 17.0 Å². The van der Waals surface area contributed by atoms with Crippen molar-refractivity contribution in [1.82, 2.24) is 14.8 Å². The zero-order chi connectivity index (χ0) is 19.9. The molecule has 0 spiro atoms. The van der Waals surface area contributed by atoms with Gasteiger partial charge in [0.25, 0.3) is 5.82 Å². The van der Waals surface area contributed by atoms with Gasteiger partial charge in [-0.2, -0.15) is 31.3 Å². The van der Waals surface area contributed by atoms with E-state index < -0.39 is 27.1 Å². The van der Waals surface area contributed by atoms with Gasteiger partial charge in [0, 0.05) is 7.05 Å². The summed E-state index contributed by atoms with van der Waals surface area (Å²) in [5.41, 5.74) is 0.770. The van der Waals surface area contributed by atoms with Crippen molar-refractivity contribution in [2.24, 2.45) is 0 Å². The van der Waals surface area contributed by atoms with Crippen LogP contribution < -0.4 is 5.32 Å². The highest BCUT2D eigenvalue weighted by atomic mass is 32.3. The summed E-state index contributed by atoms with van der Waals surface area (Å²) < 4.78 is 76.5. The highest BCUT2D eigenvalue weighted by Gasteiger charge is 2.37. The van der Waals surface area contributed by atoms with E-state index in [-0.39, 0.29) is 23.1 Å². The standard InChI is InChI=1S/C15H18F4N4O2S/c1-5-9-6-10(8(2)3)12(26(19,24)25)7-11(9)23-14(20-4)21-13(22-23)15(16,17)18/h6-8H,5H2,1-4H3,(H,20,21,22). The van der Waals surface area contributed by atoms with Gasteiger partial charge in [0.15, 0.2) is 0 Å². The SMILES string of the molecule is CCc1cc(C(C)C)c(S(=O)(=O)F)cc1-n1nc(C(F)(F)F)nc1NC. The van der Waals surface area contributed by atoms with Gasteiger partial charge in [-0.3, -0.25) is 0 Å². The maximum atomic E-state index is 13.8. The van der Waals surface area contributed by atoms with Crippen LogP contribution >= 0.6 is 0 Å². The van der Waals surface area contributed by atoms with Gasteiger partial charge in [-0.05, 0) is 29.5 Å². The van der Waals surface area contributed by atoms with E-state index in [9.17, 15) is 25.5 Å². The molecule has 144 valence electrons. The average molecular weight is 394 g/mol. The second-order valence-corrected chi connectivity index (χ2v) is 7.20. The van der Waals surface area contributed by atoms with E-state index in [0.29, 0.717) is 12.0 Å². The molecule has 0 fully saturated rings. The first-order chi connectivity index (χ1) is 11.9. The fourth-order valence-electron chi connectivity index (χ4n) is 2.54. The number of alkyl halides is 3. The van der Waals surface area contributed by atoms with Crippen molar-refractivity contribution < 1.29 is 25.5 Å². The Morgan fingerprint density at radius 1 is 1.27 bits per heavy atom. The molecule has 0 saturated heterocycles. The van der Waals surface area contributed by atoms with Crippen LogP contribution in [0.25, 0.3) is 5.69 Å². The molecule has 0 unspecified atom stereocenters. The summed E-state index contributed by atoms with van der Waals surface area (Å²) in [6, 6.07) is 2.47. The second-order valence-electron chi connectivity index (χ2n) is 5.88. The first kappa shape index (κ1) is 20.1. The van der Waals surface area contributed by atoms with E-state index in [1.54, 1.807) is 20.8 Å². The summed E-state index contributed by atoms with van der Waals surface area (Å²) in [6.45, 7) is 5.13. The topological polar surface area (TPSA) is 76.9 Å². The number of nitrogens with zero attached hydrogens (tertiary/aromatic N) is 3. The molecule has 0 radical (unpaired) electrons. The van der Waals surface area contributed by atoms with E-state index in [0.717, 1.165) is 10.7 Å². The molecule has 0 amide bonds. The van der Waals surface area contributed by atoms with Crippen LogP contribution in [-0.2, 0) is 22.8 Å². The number of hydrogen-bond acceptors (Lipinski definition) is 5. The molecular formula is C15H18F4N4O2S. The van der Waals surface area contributed by atoms with Crippen LogP contribution in [0.3, 0.4) is 0 Å². The molecule has 1 aromatic carbocycles. The lowest BCUT2D eigenvalue weighted by Crippen LogP contribution is -2.11. The Bertz CT molecular complexity index is 920. The van der Waals surface area contributed by atoms with Crippen LogP contribution in [-0.4, -0.2) is 30.2 Å². The van der Waals surface area contributed by atoms with Crippen LogP contribution in [0.5, 0.6) is 0 Å². The Balaban J connectivity index is 2.84. The Hall–Kier alpha value is -2.17. The third-order valence-electron chi connectivity index (χ3n) is 3.79. The third-order valence-corrected chi connectivity index (χ3v) is 4.67. The van der Waals surface area contributed by atoms with Gasteiger partial charge in [0.1, 0.15) is 4.90 Å². The quantitative estimate of drug-likeness (QED) is 0.619. The summed E-state index contributed by atoms with van der Waals surface area (Å²) in [5.74, 6) is -1.94. The highest BCUT2D eigenvalue weighted by Crippen LogP contribution is 2.33. The number of benzene rings is 1. The Kier molecular flexibility index (Phi) is 5.31. The molecule has 1 aromatic heterocycles. The molecule has 0 aliphatic carbocycles. The van der Waals surface area contributed by atoms with Crippen molar-refractivity contribution >= 4 is 16.2 Å². The summed E-state index contributed by atoms with van der Waals surface area (Å²) in [4.78, 5) is 2.78. The second kappa shape index (κ2) is 6.86. The van der Waals surface area contributed by atoms with E-state index in [4.69, 9.17) is 0 Å². The predicted octanol–water partition coefficient (Wildman–Crippen LogP) is 3.67. The van der Waals surface area contributed by atoms with Gasteiger partial charge < -0.3 is 5.32 Å². The van der Waals surface area contributed by atoms with Crippen molar-refractivity contribution in [1.29, 1.82) is 0 Å². The minimum atomic E-state index is -5.08. The molecule has 0 atom stereocenters. The zero-order valence-corrected chi connectivity index (χ0v) is 15.3. The lowest BCUT2D eigenvalue weighted by Gasteiger charge is -2.16. The minimum absolute atomic E-state index is 0.0143. The normalized spacial score (nSPS) is 12.7. The fourth-order valence-corrected chi connectivity index (χ4v) is 3.37. The van der Waals surface area contributed by atoms with Crippen molar-refractivity contribution in [2.45, 2.75) is 44.2 Å².